The molecule has 1 rings (SSSR count). The van der Waals surface area contributed by atoms with E-state index in [1.807, 2.05) is 0 Å². The van der Waals surface area contributed by atoms with Crippen molar-refractivity contribution in [2.75, 3.05) is 6.54 Å². The zero-order valence-electron chi connectivity index (χ0n) is 8.24. The summed E-state index contributed by atoms with van der Waals surface area (Å²) in [6, 6.07) is 0. The average molecular weight is 192 g/mol. The van der Waals surface area contributed by atoms with Gasteiger partial charge in [0.25, 0.3) is 5.91 Å². The van der Waals surface area contributed by atoms with Gasteiger partial charge in [0.05, 0.1) is 11.4 Å². The van der Waals surface area contributed by atoms with Crippen molar-refractivity contribution >= 4 is 5.91 Å². The minimum absolute atomic E-state index is 0.0925. The van der Waals surface area contributed by atoms with Crippen molar-refractivity contribution in [3.05, 3.63) is 29.9 Å². The first-order valence-electron chi connectivity index (χ1n) is 4.22. The lowest BCUT2D eigenvalue weighted by molar-refractivity contribution is 0.0946. The first-order valence-corrected chi connectivity index (χ1v) is 4.22. The van der Waals surface area contributed by atoms with Gasteiger partial charge in [-0.15, -0.1) is 11.7 Å². The molecule has 0 atom stereocenters. The van der Waals surface area contributed by atoms with Gasteiger partial charge in [-0.25, -0.2) is 4.98 Å². The second-order valence-corrected chi connectivity index (χ2v) is 2.80. The van der Waals surface area contributed by atoms with Crippen LogP contribution in [0.2, 0.25) is 0 Å². The predicted octanol–water partition coefficient (Wildman–Crippen LogP) is 0.404. The summed E-state index contributed by atoms with van der Waals surface area (Å²) in [6.45, 7) is 7.46. The van der Waals surface area contributed by atoms with E-state index in [2.05, 4.69) is 27.1 Å². The zero-order valence-corrected chi connectivity index (χ0v) is 8.24. The maximum absolute atomic E-state index is 11.3. The van der Waals surface area contributed by atoms with Crippen LogP contribution in [0.4, 0.5) is 0 Å². The topological polar surface area (TPSA) is 67.8 Å². The highest BCUT2D eigenvalue weighted by Gasteiger charge is 2.09. The van der Waals surface area contributed by atoms with E-state index >= 15 is 0 Å². The van der Waals surface area contributed by atoms with Crippen molar-refractivity contribution < 1.29 is 4.79 Å². The largest absolute Gasteiger partial charge is 0.346 e. The van der Waals surface area contributed by atoms with Gasteiger partial charge in [0, 0.05) is 6.54 Å². The van der Waals surface area contributed by atoms with Crippen molar-refractivity contribution in [1.29, 1.82) is 0 Å². The summed E-state index contributed by atoms with van der Waals surface area (Å²) in [7, 11) is 0. The lowest BCUT2D eigenvalue weighted by Gasteiger charge is -2.01. The predicted molar refractivity (Wildman–Crippen MR) is 51.8 cm³/mol. The van der Waals surface area contributed by atoms with Crippen molar-refractivity contribution in [3.63, 3.8) is 0 Å². The molecule has 1 amide bonds. The Balaban J connectivity index is 2.80. The van der Waals surface area contributed by atoms with Crippen LogP contribution in [-0.2, 0) is 0 Å². The Labute approximate surface area is 82.3 Å². The number of amides is 1. The van der Waals surface area contributed by atoms with Crippen LogP contribution in [0.25, 0.3) is 0 Å². The molecule has 0 saturated heterocycles. The summed E-state index contributed by atoms with van der Waals surface area (Å²) in [4.78, 5) is 15.3. The van der Waals surface area contributed by atoms with Crippen LogP contribution in [0.5, 0.6) is 0 Å². The highest BCUT2D eigenvalue weighted by Crippen LogP contribution is 1.97. The minimum Gasteiger partial charge on any atom is -0.346 e. The molecule has 0 fully saturated rings. The number of hydrogen-bond acceptors (Lipinski definition) is 4. The third kappa shape index (κ3) is 2.35. The Bertz CT molecular complexity index is 362. The highest BCUT2D eigenvalue weighted by molar-refractivity contribution is 5.90. The van der Waals surface area contributed by atoms with E-state index in [9.17, 15) is 4.79 Å². The molecule has 74 valence electrons. The maximum Gasteiger partial charge on any atom is 0.291 e. The molecule has 0 aromatic carbocycles. The average Bonchev–Trinajstić information content (AvgIpc) is 2.18. The van der Waals surface area contributed by atoms with Gasteiger partial charge in [0.1, 0.15) is 0 Å². The first kappa shape index (κ1) is 10.3. The van der Waals surface area contributed by atoms with Crippen LogP contribution < -0.4 is 5.32 Å². The molecule has 5 nitrogen and oxygen atoms in total. The molecule has 14 heavy (non-hydrogen) atoms. The number of rotatable bonds is 3. The normalized spacial score (nSPS) is 9.57. The van der Waals surface area contributed by atoms with Crippen LogP contribution in [0.15, 0.2) is 12.7 Å². The Kier molecular flexibility index (Phi) is 3.28. The fourth-order valence-electron chi connectivity index (χ4n) is 0.797. The molecule has 0 aliphatic rings. The van der Waals surface area contributed by atoms with Gasteiger partial charge in [0.15, 0.2) is 0 Å². The lowest BCUT2D eigenvalue weighted by atomic mass is 10.3. The number of aromatic nitrogens is 3. The molecule has 1 aromatic rings. The van der Waals surface area contributed by atoms with Gasteiger partial charge in [-0.05, 0) is 13.8 Å². The first-order chi connectivity index (χ1) is 6.65. The number of aryl methyl sites for hydroxylation is 2. The molecular weight excluding hydrogens is 180 g/mol. The smallest absolute Gasteiger partial charge is 0.291 e. The fourth-order valence-corrected chi connectivity index (χ4v) is 0.797. The minimum atomic E-state index is -0.333. The third-order valence-electron chi connectivity index (χ3n) is 1.70. The number of carbonyl (C=O) groups excluding carboxylic acids is 1. The number of nitrogens with zero attached hydrogens (tertiary/aromatic N) is 3. The molecule has 0 saturated carbocycles. The molecule has 0 unspecified atom stereocenters. The van der Waals surface area contributed by atoms with Crippen LogP contribution in [-0.4, -0.2) is 27.6 Å². The van der Waals surface area contributed by atoms with E-state index in [0.29, 0.717) is 12.2 Å². The second kappa shape index (κ2) is 4.45. The summed E-state index contributed by atoms with van der Waals surface area (Å²) < 4.78 is 0. The number of hydrogen-bond donors (Lipinski definition) is 1. The van der Waals surface area contributed by atoms with Gasteiger partial charge in [-0.2, -0.15) is 5.10 Å². The van der Waals surface area contributed by atoms with Crippen LogP contribution >= 0.6 is 0 Å². The summed E-state index contributed by atoms with van der Waals surface area (Å²) in [5, 5.41) is 10.1. The molecule has 0 aliphatic heterocycles. The summed E-state index contributed by atoms with van der Waals surface area (Å²) in [5.74, 6) is -0.240. The van der Waals surface area contributed by atoms with Gasteiger partial charge in [-0.3, -0.25) is 4.79 Å². The van der Waals surface area contributed by atoms with Crippen LogP contribution in [0, 0.1) is 13.8 Å². The molecule has 5 heteroatoms. The quantitative estimate of drug-likeness (QED) is 0.704. The summed E-state index contributed by atoms with van der Waals surface area (Å²) >= 11 is 0. The fraction of sp³-hybridized carbons (Fsp3) is 0.333. The Morgan fingerprint density at radius 2 is 2.14 bits per heavy atom. The molecule has 0 bridgehead atoms. The van der Waals surface area contributed by atoms with E-state index in [0.717, 1.165) is 5.69 Å². The van der Waals surface area contributed by atoms with E-state index in [1.54, 1.807) is 19.9 Å². The molecule has 0 aliphatic carbocycles. The van der Waals surface area contributed by atoms with Crippen molar-refractivity contribution in [2.45, 2.75) is 13.8 Å². The standard InChI is InChI=1S/C9H12N4O/c1-4-5-10-9(14)8-11-6(2)7(3)12-13-8/h4H,1,5H2,2-3H3,(H,10,14). The SMILES string of the molecule is C=CCNC(=O)c1nnc(C)c(C)n1. The zero-order chi connectivity index (χ0) is 10.6. The van der Waals surface area contributed by atoms with Crippen molar-refractivity contribution in [1.82, 2.24) is 20.5 Å². The second-order valence-electron chi connectivity index (χ2n) is 2.80. The summed E-state index contributed by atoms with van der Waals surface area (Å²) in [6.07, 6.45) is 1.59. The van der Waals surface area contributed by atoms with Crippen molar-refractivity contribution in [3.8, 4) is 0 Å². The lowest BCUT2D eigenvalue weighted by Crippen LogP contribution is -2.26. The monoisotopic (exact) mass is 192 g/mol. The molecule has 1 N–H and O–H groups in total. The highest BCUT2D eigenvalue weighted by atomic mass is 16.2. The maximum atomic E-state index is 11.3. The third-order valence-corrected chi connectivity index (χ3v) is 1.70. The van der Waals surface area contributed by atoms with Crippen LogP contribution in [0.3, 0.4) is 0 Å². The Hall–Kier alpha value is -1.78. The Morgan fingerprint density at radius 3 is 2.71 bits per heavy atom. The van der Waals surface area contributed by atoms with Gasteiger partial charge < -0.3 is 5.32 Å². The van der Waals surface area contributed by atoms with Gasteiger partial charge in [-0.1, -0.05) is 6.08 Å². The van der Waals surface area contributed by atoms with E-state index in [4.69, 9.17) is 0 Å². The Morgan fingerprint density at radius 1 is 1.43 bits per heavy atom. The van der Waals surface area contributed by atoms with Crippen LogP contribution in [0.1, 0.15) is 22.0 Å². The van der Waals surface area contributed by atoms with E-state index in [1.165, 1.54) is 0 Å². The molecular formula is C9H12N4O. The molecule has 1 heterocycles. The summed E-state index contributed by atoms with van der Waals surface area (Å²) in [5.41, 5.74) is 1.44. The number of carbonyl (C=O) groups is 1. The van der Waals surface area contributed by atoms with Gasteiger partial charge in [0.2, 0.25) is 5.82 Å². The molecule has 1 aromatic heterocycles. The van der Waals surface area contributed by atoms with E-state index in [-0.39, 0.29) is 11.7 Å². The van der Waals surface area contributed by atoms with E-state index < -0.39 is 0 Å². The van der Waals surface area contributed by atoms with Crippen molar-refractivity contribution in [2.24, 2.45) is 0 Å². The molecule has 0 spiro atoms. The number of nitrogens with one attached hydrogen (secondary N) is 1. The molecule has 0 radical (unpaired) electrons. The van der Waals surface area contributed by atoms with Gasteiger partial charge >= 0.3 is 0 Å².